The van der Waals surface area contributed by atoms with Crippen molar-refractivity contribution in [2.24, 2.45) is 0 Å². The van der Waals surface area contributed by atoms with E-state index in [0.29, 0.717) is 23.9 Å². The smallest absolute Gasteiger partial charge is 0.248 e. The standard InChI is InChI=1S/C13H12BrN5O/c1-8-4-9(14)2-3-11(8)13-17-12(20-18-13)7-19-6-10(15)5-16-19/h2-6H,7,15H2,1H3. The lowest BCUT2D eigenvalue weighted by Gasteiger charge is -2.00. The molecule has 0 aliphatic carbocycles. The Morgan fingerprint density at radius 3 is 2.95 bits per heavy atom. The van der Waals surface area contributed by atoms with E-state index in [0.717, 1.165) is 15.6 Å². The monoisotopic (exact) mass is 333 g/mol. The van der Waals surface area contributed by atoms with Crippen molar-refractivity contribution in [1.29, 1.82) is 0 Å². The molecule has 0 spiro atoms. The summed E-state index contributed by atoms with van der Waals surface area (Å²) in [6.45, 7) is 2.41. The number of halogens is 1. The van der Waals surface area contributed by atoms with Crippen LogP contribution in [0, 0.1) is 6.92 Å². The number of aryl methyl sites for hydroxylation is 1. The largest absolute Gasteiger partial charge is 0.396 e. The van der Waals surface area contributed by atoms with Gasteiger partial charge in [-0.2, -0.15) is 10.1 Å². The van der Waals surface area contributed by atoms with Crippen molar-refractivity contribution in [3.05, 3.63) is 46.5 Å². The zero-order chi connectivity index (χ0) is 14.1. The minimum Gasteiger partial charge on any atom is -0.396 e. The fourth-order valence-electron chi connectivity index (χ4n) is 1.91. The van der Waals surface area contributed by atoms with Gasteiger partial charge in [0.25, 0.3) is 0 Å². The maximum atomic E-state index is 5.61. The minimum atomic E-state index is 0.403. The number of hydrogen-bond donors (Lipinski definition) is 1. The summed E-state index contributed by atoms with van der Waals surface area (Å²) >= 11 is 3.43. The molecule has 0 atom stereocenters. The summed E-state index contributed by atoms with van der Waals surface area (Å²) in [6, 6.07) is 5.92. The topological polar surface area (TPSA) is 82.8 Å². The quantitative estimate of drug-likeness (QED) is 0.796. The lowest BCUT2D eigenvalue weighted by Crippen LogP contribution is -2.00. The molecule has 0 bridgehead atoms. The van der Waals surface area contributed by atoms with Crippen molar-refractivity contribution in [3.8, 4) is 11.4 Å². The highest BCUT2D eigenvalue weighted by Gasteiger charge is 2.11. The lowest BCUT2D eigenvalue weighted by molar-refractivity contribution is 0.366. The first kappa shape index (κ1) is 12.9. The third-order valence-corrected chi connectivity index (χ3v) is 3.34. The van der Waals surface area contributed by atoms with Crippen LogP contribution in [0.2, 0.25) is 0 Å². The highest BCUT2D eigenvalue weighted by molar-refractivity contribution is 9.10. The van der Waals surface area contributed by atoms with Gasteiger partial charge < -0.3 is 10.3 Å². The van der Waals surface area contributed by atoms with Crippen LogP contribution >= 0.6 is 15.9 Å². The van der Waals surface area contributed by atoms with E-state index in [1.165, 1.54) is 0 Å². The molecule has 0 saturated carbocycles. The Bertz CT molecular complexity index is 749. The Labute approximate surface area is 123 Å². The van der Waals surface area contributed by atoms with Gasteiger partial charge in [-0.15, -0.1) is 0 Å². The number of aromatic nitrogens is 4. The molecule has 0 amide bonds. The van der Waals surface area contributed by atoms with Crippen molar-refractivity contribution >= 4 is 21.6 Å². The molecule has 2 N–H and O–H groups in total. The van der Waals surface area contributed by atoms with E-state index in [9.17, 15) is 0 Å². The Kier molecular flexibility index (Phi) is 3.27. The van der Waals surface area contributed by atoms with Gasteiger partial charge in [-0.05, 0) is 30.7 Å². The van der Waals surface area contributed by atoms with Crippen molar-refractivity contribution < 1.29 is 4.52 Å². The van der Waals surface area contributed by atoms with Crippen LogP contribution in [0.3, 0.4) is 0 Å². The first-order valence-electron chi connectivity index (χ1n) is 5.99. The predicted molar refractivity (Wildman–Crippen MR) is 77.9 cm³/mol. The van der Waals surface area contributed by atoms with Crippen LogP contribution in [0.4, 0.5) is 5.69 Å². The molecule has 0 saturated heterocycles. The summed E-state index contributed by atoms with van der Waals surface area (Å²) in [5, 5.41) is 8.09. The summed E-state index contributed by atoms with van der Waals surface area (Å²) in [4.78, 5) is 4.38. The molecular formula is C13H12BrN5O. The fraction of sp³-hybridized carbons (Fsp3) is 0.154. The van der Waals surface area contributed by atoms with E-state index in [1.807, 2.05) is 25.1 Å². The molecule has 1 aromatic carbocycles. The third kappa shape index (κ3) is 2.57. The van der Waals surface area contributed by atoms with E-state index in [4.69, 9.17) is 10.3 Å². The second kappa shape index (κ2) is 5.09. The molecule has 2 heterocycles. The van der Waals surface area contributed by atoms with Gasteiger partial charge in [-0.25, -0.2) is 0 Å². The molecule has 20 heavy (non-hydrogen) atoms. The zero-order valence-electron chi connectivity index (χ0n) is 10.7. The molecule has 3 aromatic rings. The van der Waals surface area contributed by atoms with Gasteiger partial charge in [0.2, 0.25) is 11.7 Å². The Balaban J connectivity index is 1.86. The molecule has 102 valence electrons. The highest BCUT2D eigenvalue weighted by atomic mass is 79.9. The van der Waals surface area contributed by atoms with E-state index in [1.54, 1.807) is 17.1 Å². The number of nitrogen functional groups attached to an aromatic ring is 1. The first-order valence-corrected chi connectivity index (χ1v) is 6.78. The molecule has 2 aromatic heterocycles. The van der Waals surface area contributed by atoms with Gasteiger partial charge in [0.05, 0.1) is 11.9 Å². The average Bonchev–Trinajstić information content (AvgIpc) is 2.99. The number of hydrogen-bond acceptors (Lipinski definition) is 5. The van der Waals surface area contributed by atoms with E-state index < -0.39 is 0 Å². The molecule has 0 unspecified atom stereocenters. The molecule has 0 aliphatic rings. The molecular weight excluding hydrogens is 322 g/mol. The van der Waals surface area contributed by atoms with E-state index in [-0.39, 0.29) is 0 Å². The Hall–Kier alpha value is -2.15. The van der Waals surface area contributed by atoms with Crippen molar-refractivity contribution in [3.63, 3.8) is 0 Å². The number of rotatable bonds is 3. The van der Waals surface area contributed by atoms with Crippen LogP contribution in [-0.2, 0) is 6.54 Å². The van der Waals surface area contributed by atoms with Crippen LogP contribution in [0.5, 0.6) is 0 Å². The van der Waals surface area contributed by atoms with Crippen LogP contribution in [0.25, 0.3) is 11.4 Å². The third-order valence-electron chi connectivity index (χ3n) is 2.85. The predicted octanol–water partition coefficient (Wildman–Crippen LogP) is 2.63. The van der Waals surface area contributed by atoms with Crippen molar-refractivity contribution in [1.82, 2.24) is 19.9 Å². The molecule has 0 fully saturated rings. The fourth-order valence-corrected chi connectivity index (χ4v) is 2.39. The summed E-state index contributed by atoms with van der Waals surface area (Å²) in [5.41, 5.74) is 8.24. The highest BCUT2D eigenvalue weighted by Crippen LogP contribution is 2.23. The zero-order valence-corrected chi connectivity index (χ0v) is 12.3. The number of nitrogens with two attached hydrogens (primary N) is 1. The van der Waals surface area contributed by atoms with Gasteiger partial charge >= 0.3 is 0 Å². The van der Waals surface area contributed by atoms with Gasteiger partial charge in [-0.3, -0.25) is 4.68 Å². The summed E-state index contributed by atoms with van der Waals surface area (Å²) in [5.74, 6) is 1.07. The second-order valence-corrected chi connectivity index (χ2v) is 5.36. The summed E-state index contributed by atoms with van der Waals surface area (Å²) < 4.78 is 7.92. The van der Waals surface area contributed by atoms with Crippen LogP contribution in [-0.4, -0.2) is 19.9 Å². The molecule has 6 nitrogen and oxygen atoms in total. The van der Waals surface area contributed by atoms with Gasteiger partial charge in [0.1, 0.15) is 6.54 Å². The SMILES string of the molecule is Cc1cc(Br)ccc1-c1noc(Cn2cc(N)cn2)n1. The molecule has 0 radical (unpaired) electrons. The van der Waals surface area contributed by atoms with Crippen LogP contribution in [0.1, 0.15) is 11.5 Å². The Morgan fingerprint density at radius 2 is 2.25 bits per heavy atom. The maximum Gasteiger partial charge on any atom is 0.248 e. The maximum absolute atomic E-state index is 5.61. The summed E-state index contributed by atoms with van der Waals surface area (Å²) in [6.07, 6.45) is 3.30. The Morgan fingerprint density at radius 1 is 1.40 bits per heavy atom. The van der Waals surface area contributed by atoms with Crippen molar-refractivity contribution in [2.75, 3.05) is 5.73 Å². The van der Waals surface area contributed by atoms with Gasteiger partial charge in [0.15, 0.2) is 0 Å². The van der Waals surface area contributed by atoms with Crippen LogP contribution < -0.4 is 5.73 Å². The van der Waals surface area contributed by atoms with Crippen LogP contribution in [0.15, 0.2) is 39.6 Å². The second-order valence-electron chi connectivity index (χ2n) is 4.44. The lowest BCUT2D eigenvalue weighted by atomic mass is 10.1. The minimum absolute atomic E-state index is 0.403. The van der Waals surface area contributed by atoms with Gasteiger partial charge in [0, 0.05) is 16.2 Å². The summed E-state index contributed by atoms with van der Waals surface area (Å²) in [7, 11) is 0. The van der Waals surface area contributed by atoms with Gasteiger partial charge in [-0.1, -0.05) is 21.1 Å². The first-order chi connectivity index (χ1) is 9.61. The van der Waals surface area contributed by atoms with Crippen molar-refractivity contribution in [2.45, 2.75) is 13.5 Å². The van der Waals surface area contributed by atoms with E-state index >= 15 is 0 Å². The number of nitrogens with zero attached hydrogens (tertiary/aromatic N) is 4. The molecule has 0 aliphatic heterocycles. The molecule has 3 rings (SSSR count). The van der Waals surface area contributed by atoms with E-state index in [2.05, 4.69) is 31.2 Å². The molecule has 7 heteroatoms. The number of anilines is 1. The normalized spacial score (nSPS) is 10.9. The average molecular weight is 334 g/mol. The number of benzene rings is 1.